The maximum atomic E-state index is 12.0. The van der Waals surface area contributed by atoms with Crippen molar-refractivity contribution in [1.29, 1.82) is 0 Å². The number of carbonyl (C=O) groups is 1. The number of aromatic nitrogens is 3. The average Bonchev–Trinajstić information content (AvgIpc) is 3.00. The molecule has 2 rings (SSSR count). The molecule has 1 aromatic heterocycles. The molecule has 2 unspecified atom stereocenters. The standard InChI is InChI=1S/C11H19N5O2/c1-2-12-9-6-18-5-8(9)11(17)13-4-3-10-14-7-15-16-10/h7-9,12H,2-6H2,1H3,(H,13,17)(H,14,15,16). The summed E-state index contributed by atoms with van der Waals surface area (Å²) in [7, 11) is 0. The normalized spacial score (nSPS) is 23.2. The van der Waals surface area contributed by atoms with Crippen LogP contribution in [0.15, 0.2) is 6.33 Å². The monoisotopic (exact) mass is 253 g/mol. The second kappa shape index (κ2) is 6.46. The summed E-state index contributed by atoms with van der Waals surface area (Å²) in [5, 5.41) is 12.7. The molecule has 18 heavy (non-hydrogen) atoms. The molecule has 0 aliphatic carbocycles. The van der Waals surface area contributed by atoms with E-state index in [4.69, 9.17) is 4.74 Å². The van der Waals surface area contributed by atoms with E-state index < -0.39 is 0 Å². The zero-order valence-electron chi connectivity index (χ0n) is 10.5. The lowest BCUT2D eigenvalue weighted by Crippen LogP contribution is -2.44. The van der Waals surface area contributed by atoms with Crippen LogP contribution in [0.4, 0.5) is 0 Å². The van der Waals surface area contributed by atoms with Crippen LogP contribution in [-0.2, 0) is 16.0 Å². The summed E-state index contributed by atoms with van der Waals surface area (Å²) in [5.41, 5.74) is 0. The van der Waals surface area contributed by atoms with Crippen molar-refractivity contribution in [1.82, 2.24) is 25.8 Å². The third kappa shape index (κ3) is 3.27. The van der Waals surface area contributed by atoms with E-state index in [9.17, 15) is 4.79 Å². The van der Waals surface area contributed by atoms with Crippen molar-refractivity contribution in [2.24, 2.45) is 5.92 Å². The smallest absolute Gasteiger partial charge is 0.227 e. The van der Waals surface area contributed by atoms with Crippen LogP contribution in [0, 0.1) is 5.92 Å². The molecule has 1 fully saturated rings. The minimum Gasteiger partial charge on any atom is -0.379 e. The van der Waals surface area contributed by atoms with Gasteiger partial charge in [0.05, 0.1) is 19.1 Å². The fourth-order valence-corrected chi connectivity index (χ4v) is 2.06. The highest BCUT2D eigenvalue weighted by Crippen LogP contribution is 2.13. The Balaban J connectivity index is 1.73. The molecular weight excluding hydrogens is 234 g/mol. The largest absolute Gasteiger partial charge is 0.379 e. The molecule has 1 aliphatic rings. The van der Waals surface area contributed by atoms with E-state index in [1.54, 1.807) is 0 Å². The minimum absolute atomic E-state index is 0.0398. The van der Waals surface area contributed by atoms with E-state index >= 15 is 0 Å². The van der Waals surface area contributed by atoms with Gasteiger partial charge in [0.1, 0.15) is 12.2 Å². The Labute approximate surface area is 106 Å². The number of rotatable bonds is 6. The SMILES string of the molecule is CCNC1COCC1C(=O)NCCc1ncn[nH]1. The van der Waals surface area contributed by atoms with Crippen molar-refractivity contribution < 1.29 is 9.53 Å². The van der Waals surface area contributed by atoms with Crippen molar-refractivity contribution in [3.05, 3.63) is 12.2 Å². The number of nitrogens with one attached hydrogen (secondary N) is 3. The highest BCUT2D eigenvalue weighted by Gasteiger charge is 2.33. The van der Waals surface area contributed by atoms with Gasteiger partial charge in [0.15, 0.2) is 0 Å². The van der Waals surface area contributed by atoms with Crippen LogP contribution < -0.4 is 10.6 Å². The van der Waals surface area contributed by atoms with E-state index in [0.717, 1.165) is 12.4 Å². The van der Waals surface area contributed by atoms with Gasteiger partial charge < -0.3 is 15.4 Å². The van der Waals surface area contributed by atoms with Gasteiger partial charge in [-0.15, -0.1) is 0 Å². The first-order valence-corrected chi connectivity index (χ1v) is 6.24. The Morgan fingerprint density at radius 3 is 3.22 bits per heavy atom. The number of amides is 1. The van der Waals surface area contributed by atoms with Crippen molar-refractivity contribution in [3.8, 4) is 0 Å². The zero-order valence-corrected chi connectivity index (χ0v) is 10.5. The van der Waals surface area contributed by atoms with Crippen molar-refractivity contribution in [3.63, 3.8) is 0 Å². The minimum atomic E-state index is -0.0975. The summed E-state index contributed by atoms with van der Waals surface area (Å²) in [5.74, 6) is 0.721. The first-order valence-electron chi connectivity index (χ1n) is 6.24. The maximum absolute atomic E-state index is 12.0. The Morgan fingerprint density at radius 1 is 1.61 bits per heavy atom. The maximum Gasteiger partial charge on any atom is 0.227 e. The number of nitrogens with zero attached hydrogens (tertiary/aromatic N) is 2. The Kier molecular flexibility index (Phi) is 4.66. The Hall–Kier alpha value is -1.47. The van der Waals surface area contributed by atoms with Gasteiger partial charge in [-0.1, -0.05) is 6.92 Å². The lowest BCUT2D eigenvalue weighted by molar-refractivity contribution is -0.125. The van der Waals surface area contributed by atoms with Crippen molar-refractivity contribution >= 4 is 5.91 Å². The molecule has 7 nitrogen and oxygen atoms in total. The summed E-state index contributed by atoms with van der Waals surface area (Å²) in [4.78, 5) is 16.0. The quantitative estimate of drug-likeness (QED) is 0.610. The molecule has 7 heteroatoms. The third-order valence-electron chi connectivity index (χ3n) is 3.01. The molecule has 100 valence electrons. The number of likely N-dealkylation sites (N-methyl/N-ethyl adjacent to an activating group) is 1. The number of H-pyrrole nitrogens is 1. The summed E-state index contributed by atoms with van der Waals surface area (Å²) >= 11 is 0. The number of hydrogen-bond donors (Lipinski definition) is 3. The van der Waals surface area contributed by atoms with Crippen LogP contribution in [0.1, 0.15) is 12.7 Å². The van der Waals surface area contributed by atoms with E-state index in [-0.39, 0.29) is 17.9 Å². The molecule has 2 heterocycles. The number of carbonyl (C=O) groups excluding carboxylic acids is 1. The van der Waals surface area contributed by atoms with Crippen LogP contribution in [-0.4, -0.2) is 53.4 Å². The molecule has 2 atom stereocenters. The van der Waals surface area contributed by atoms with E-state index in [1.807, 2.05) is 6.92 Å². The fourth-order valence-electron chi connectivity index (χ4n) is 2.06. The lowest BCUT2D eigenvalue weighted by Gasteiger charge is -2.17. The van der Waals surface area contributed by atoms with Crippen molar-refractivity contribution in [2.45, 2.75) is 19.4 Å². The second-order valence-corrected chi connectivity index (χ2v) is 4.28. The van der Waals surface area contributed by atoms with Crippen LogP contribution in [0.2, 0.25) is 0 Å². The number of hydrogen-bond acceptors (Lipinski definition) is 5. The van der Waals surface area contributed by atoms with Crippen LogP contribution in [0.25, 0.3) is 0 Å². The summed E-state index contributed by atoms with van der Waals surface area (Å²) in [6.45, 7) is 4.52. The first kappa shape index (κ1) is 13.0. The molecule has 0 saturated carbocycles. The summed E-state index contributed by atoms with van der Waals surface area (Å²) in [6, 6.07) is 0.125. The molecule has 0 radical (unpaired) electrons. The van der Waals surface area contributed by atoms with Gasteiger partial charge in [-0.25, -0.2) is 4.98 Å². The Morgan fingerprint density at radius 2 is 2.50 bits per heavy atom. The molecule has 1 saturated heterocycles. The van der Waals surface area contributed by atoms with Gasteiger partial charge in [-0.2, -0.15) is 5.10 Å². The molecule has 0 aromatic carbocycles. The van der Waals surface area contributed by atoms with Gasteiger partial charge in [0, 0.05) is 19.0 Å². The predicted octanol–water partition coefficient (Wildman–Crippen LogP) is -0.912. The average molecular weight is 253 g/mol. The second-order valence-electron chi connectivity index (χ2n) is 4.28. The van der Waals surface area contributed by atoms with Gasteiger partial charge in [0.25, 0.3) is 0 Å². The van der Waals surface area contributed by atoms with Gasteiger partial charge in [-0.3, -0.25) is 9.89 Å². The summed E-state index contributed by atoms with van der Waals surface area (Å²) in [6.07, 6.45) is 2.12. The van der Waals surface area contributed by atoms with E-state index in [1.165, 1.54) is 6.33 Å². The van der Waals surface area contributed by atoms with Gasteiger partial charge in [0.2, 0.25) is 5.91 Å². The topological polar surface area (TPSA) is 91.9 Å². The van der Waals surface area contributed by atoms with E-state index in [2.05, 4.69) is 25.8 Å². The molecule has 1 aromatic rings. The zero-order chi connectivity index (χ0) is 12.8. The van der Waals surface area contributed by atoms with Crippen molar-refractivity contribution in [2.75, 3.05) is 26.3 Å². The molecule has 3 N–H and O–H groups in total. The number of ether oxygens (including phenoxy) is 1. The first-order chi connectivity index (χ1) is 8.81. The van der Waals surface area contributed by atoms with Crippen LogP contribution >= 0.6 is 0 Å². The third-order valence-corrected chi connectivity index (χ3v) is 3.01. The predicted molar refractivity (Wildman–Crippen MR) is 64.9 cm³/mol. The van der Waals surface area contributed by atoms with Crippen LogP contribution in [0.3, 0.4) is 0 Å². The molecular formula is C11H19N5O2. The highest BCUT2D eigenvalue weighted by atomic mass is 16.5. The molecule has 0 bridgehead atoms. The number of aromatic amines is 1. The Bertz CT molecular complexity index is 368. The molecule has 1 aliphatic heterocycles. The molecule has 0 spiro atoms. The van der Waals surface area contributed by atoms with Gasteiger partial charge >= 0.3 is 0 Å². The summed E-state index contributed by atoms with van der Waals surface area (Å²) < 4.78 is 5.34. The highest BCUT2D eigenvalue weighted by molar-refractivity contribution is 5.79. The van der Waals surface area contributed by atoms with Crippen LogP contribution in [0.5, 0.6) is 0 Å². The fraction of sp³-hybridized carbons (Fsp3) is 0.727. The molecule has 1 amide bonds. The van der Waals surface area contributed by atoms with Gasteiger partial charge in [-0.05, 0) is 6.54 Å². The lowest BCUT2D eigenvalue weighted by atomic mass is 10.0. The van der Waals surface area contributed by atoms with E-state index in [0.29, 0.717) is 26.2 Å².